The summed E-state index contributed by atoms with van der Waals surface area (Å²) >= 11 is 2.36. The quantitative estimate of drug-likeness (QED) is 0.725. The van der Waals surface area contributed by atoms with Crippen LogP contribution in [0, 0.1) is 3.57 Å². The van der Waals surface area contributed by atoms with Crippen molar-refractivity contribution in [2.75, 3.05) is 0 Å². The van der Waals surface area contributed by atoms with Gasteiger partial charge in [0.05, 0.1) is 0 Å². The third kappa shape index (κ3) is 3.51. The zero-order valence-electron chi connectivity index (χ0n) is 8.02. The lowest BCUT2D eigenvalue weighted by molar-refractivity contribution is 0.794. The van der Waals surface area contributed by atoms with Crippen LogP contribution >= 0.6 is 22.6 Å². The first-order valence-corrected chi connectivity index (χ1v) is 5.76. The molecule has 0 bridgehead atoms. The van der Waals surface area contributed by atoms with E-state index in [1.54, 1.807) is 0 Å². The summed E-state index contributed by atoms with van der Waals surface area (Å²) in [5.74, 6) is 0. The zero-order valence-corrected chi connectivity index (χ0v) is 10.2. The predicted molar refractivity (Wildman–Crippen MR) is 67.9 cm³/mol. The van der Waals surface area contributed by atoms with E-state index >= 15 is 0 Å². The number of benzene rings is 1. The molecule has 1 aromatic rings. The Kier molecular flexibility index (Phi) is 4.50. The molecule has 0 unspecified atom stereocenters. The van der Waals surface area contributed by atoms with Crippen molar-refractivity contribution in [1.82, 2.24) is 0 Å². The molecule has 0 spiro atoms. The Balaban J connectivity index is 2.81. The van der Waals surface area contributed by atoms with Gasteiger partial charge in [0.25, 0.3) is 0 Å². The highest BCUT2D eigenvalue weighted by molar-refractivity contribution is 14.1. The van der Waals surface area contributed by atoms with Gasteiger partial charge in [0, 0.05) is 3.57 Å². The Labute approximate surface area is 94.2 Å². The summed E-state index contributed by atoms with van der Waals surface area (Å²) in [5.41, 5.74) is 2.67. The van der Waals surface area contributed by atoms with E-state index in [-0.39, 0.29) is 0 Å². The average molecular weight is 286 g/mol. The first-order chi connectivity index (χ1) is 6.26. The molecular weight excluding hydrogens is 271 g/mol. The average Bonchev–Trinajstić information content (AvgIpc) is 2.14. The summed E-state index contributed by atoms with van der Waals surface area (Å²) in [6.07, 6.45) is 5.64. The van der Waals surface area contributed by atoms with E-state index < -0.39 is 0 Å². The van der Waals surface area contributed by atoms with Gasteiger partial charge in [0.15, 0.2) is 0 Å². The maximum Gasteiger partial charge on any atom is 0.0139 e. The maximum absolute atomic E-state index is 3.79. The first kappa shape index (κ1) is 10.8. The molecule has 0 nitrogen and oxygen atoms in total. The summed E-state index contributed by atoms with van der Waals surface area (Å²) in [7, 11) is 0. The normalized spacial score (nSPS) is 10.0. The van der Waals surface area contributed by atoms with Gasteiger partial charge in [-0.3, -0.25) is 0 Å². The summed E-state index contributed by atoms with van der Waals surface area (Å²) in [6.45, 7) is 6.01. The number of aryl methyl sites for hydroxylation is 1. The first-order valence-electron chi connectivity index (χ1n) is 4.68. The molecule has 0 radical (unpaired) electrons. The molecule has 0 amide bonds. The Morgan fingerprint density at radius 1 is 1.38 bits per heavy atom. The van der Waals surface area contributed by atoms with E-state index in [2.05, 4.69) is 54.3 Å². The van der Waals surface area contributed by atoms with Gasteiger partial charge in [0.1, 0.15) is 0 Å². The van der Waals surface area contributed by atoms with Crippen molar-refractivity contribution in [3.63, 3.8) is 0 Å². The molecule has 0 atom stereocenters. The van der Waals surface area contributed by atoms with Crippen molar-refractivity contribution < 1.29 is 0 Å². The Hall–Kier alpha value is -0.310. The van der Waals surface area contributed by atoms with Crippen LogP contribution in [0.3, 0.4) is 0 Å². The molecule has 0 aromatic heterocycles. The third-order valence-corrected chi connectivity index (χ3v) is 2.66. The molecule has 0 saturated carbocycles. The molecule has 0 N–H and O–H groups in total. The van der Waals surface area contributed by atoms with Crippen LogP contribution in [-0.4, -0.2) is 0 Å². The van der Waals surface area contributed by atoms with E-state index in [0.29, 0.717) is 0 Å². The van der Waals surface area contributed by atoms with Gasteiger partial charge in [-0.2, -0.15) is 0 Å². The fourth-order valence-electron chi connectivity index (χ4n) is 1.32. The number of hydrogen-bond donors (Lipinski definition) is 0. The Morgan fingerprint density at radius 3 is 2.77 bits per heavy atom. The highest BCUT2D eigenvalue weighted by atomic mass is 127. The van der Waals surface area contributed by atoms with Crippen molar-refractivity contribution in [2.24, 2.45) is 0 Å². The minimum absolute atomic E-state index is 1.19. The fraction of sp³-hybridized carbons (Fsp3) is 0.333. The van der Waals surface area contributed by atoms with E-state index in [1.165, 1.54) is 34.0 Å². The molecule has 1 rings (SSSR count). The highest BCUT2D eigenvalue weighted by Crippen LogP contribution is 2.15. The lowest BCUT2D eigenvalue weighted by Gasteiger charge is -2.03. The molecule has 0 aliphatic heterocycles. The van der Waals surface area contributed by atoms with Crippen LogP contribution in [0.2, 0.25) is 0 Å². The Morgan fingerprint density at radius 2 is 2.15 bits per heavy atom. The van der Waals surface area contributed by atoms with Crippen LogP contribution in [0.1, 0.15) is 30.9 Å². The van der Waals surface area contributed by atoms with Crippen LogP contribution in [0.15, 0.2) is 24.8 Å². The van der Waals surface area contributed by atoms with Crippen LogP contribution in [0.5, 0.6) is 0 Å². The van der Waals surface area contributed by atoms with E-state index in [9.17, 15) is 0 Å². The minimum atomic E-state index is 1.19. The lowest BCUT2D eigenvalue weighted by atomic mass is 10.1. The second-order valence-corrected chi connectivity index (χ2v) is 4.45. The van der Waals surface area contributed by atoms with Crippen LogP contribution in [0.4, 0.5) is 0 Å². The van der Waals surface area contributed by atoms with E-state index in [0.717, 1.165) is 0 Å². The summed E-state index contributed by atoms with van der Waals surface area (Å²) in [4.78, 5) is 0. The van der Waals surface area contributed by atoms with Gasteiger partial charge in [-0.05, 0) is 58.7 Å². The monoisotopic (exact) mass is 286 g/mol. The predicted octanol–water partition coefficient (Wildman–Crippen LogP) is 4.28. The van der Waals surface area contributed by atoms with Crippen molar-refractivity contribution >= 4 is 28.7 Å². The molecule has 1 aromatic carbocycles. The van der Waals surface area contributed by atoms with Crippen molar-refractivity contribution in [1.29, 1.82) is 0 Å². The molecular formula is C12H15I. The molecule has 0 aliphatic carbocycles. The maximum atomic E-state index is 3.79. The van der Waals surface area contributed by atoms with Crippen molar-refractivity contribution in [3.8, 4) is 0 Å². The summed E-state index contributed by atoms with van der Waals surface area (Å²) < 4.78 is 1.31. The zero-order chi connectivity index (χ0) is 9.68. The topological polar surface area (TPSA) is 0 Å². The molecule has 0 saturated heterocycles. The van der Waals surface area contributed by atoms with Gasteiger partial charge in [-0.15, -0.1) is 0 Å². The molecule has 0 aliphatic rings. The van der Waals surface area contributed by atoms with Gasteiger partial charge in [-0.25, -0.2) is 0 Å². The standard InChI is InChI=1S/C12H15I/c1-3-5-6-11-7-10(4-2)8-12(13)9-11/h4,7-9H,2-3,5-6H2,1H3. The number of unbranched alkanes of at least 4 members (excludes halogenated alkanes) is 1. The highest BCUT2D eigenvalue weighted by Gasteiger charge is 1.96. The fourth-order valence-corrected chi connectivity index (χ4v) is 2.08. The van der Waals surface area contributed by atoms with Crippen LogP contribution < -0.4 is 0 Å². The molecule has 70 valence electrons. The van der Waals surface area contributed by atoms with Gasteiger partial charge >= 0.3 is 0 Å². The van der Waals surface area contributed by atoms with Gasteiger partial charge in [-0.1, -0.05) is 32.1 Å². The second-order valence-electron chi connectivity index (χ2n) is 3.20. The van der Waals surface area contributed by atoms with Crippen LogP contribution in [-0.2, 0) is 6.42 Å². The van der Waals surface area contributed by atoms with E-state index in [4.69, 9.17) is 0 Å². The largest absolute Gasteiger partial charge is 0.0985 e. The minimum Gasteiger partial charge on any atom is -0.0985 e. The number of hydrogen-bond acceptors (Lipinski definition) is 0. The molecule has 1 heteroatoms. The van der Waals surface area contributed by atoms with Gasteiger partial charge < -0.3 is 0 Å². The smallest absolute Gasteiger partial charge is 0.0139 e. The van der Waals surface area contributed by atoms with Gasteiger partial charge in [0.2, 0.25) is 0 Å². The number of halogens is 1. The van der Waals surface area contributed by atoms with Crippen molar-refractivity contribution in [3.05, 3.63) is 39.5 Å². The summed E-state index contributed by atoms with van der Waals surface area (Å²) in [6, 6.07) is 6.64. The SMILES string of the molecule is C=Cc1cc(I)cc(CCCC)c1. The molecule has 13 heavy (non-hydrogen) atoms. The van der Waals surface area contributed by atoms with E-state index in [1.807, 2.05) is 6.08 Å². The molecule has 0 heterocycles. The lowest BCUT2D eigenvalue weighted by Crippen LogP contribution is -1.87. The molecule has 0 fully saturated rings. The number of rotatable bonds is 4. The Bertz CT molecular complexity index is 289. The van der Waals surface area contributed by atoms with Crippen molar-refractivity contribution in [2.45, 2.75) is 26.2 Å². The van der Waals surface area contributed by atoms with Crippen LogP contribution in [0.25, 0.3) is 6.08 Å². The summed E-state index contributed by atoms with van der Waals surface area (Å²) in [5, 5.41) is 0. The third-order valence-electron chi connectivity index (χ3n) is 2.03. The second kappa shape index (κ2) is 5.43.